The van der Waals surface area contributed by atoms with E-state index >= 15 is 0 Å². The lowest BCUT2D eigenvalue weighted by Crippen LogP contribution is -2.37. The zero-order chi connectivity index (χ0) is 20.7. The summed E-state index contributed by atoms with van der Waals surface area (Å²) in [6.07, 6.45) is -5.50. The lowest BCUT2D eigenvalue weighted by molar-refractivity contribution is -0.137. The van der Waals surface area contributed by atoms with E-state index in [1.54, 1.807) is 6.07 Å². The molecule has 28 heavy (non-hydrogen) atoms. The van der Waals surface area contributed by atoms with Crippen LogP contribution in [0.2, 0.25) is 10.0 Å². The number of hydrogen-bond donors (Lipinski definition) is 2. The summed E-state index contributed by atoms with van der Waals surface area (Å²) in [4.78, 5) is 11.8. The van der Waals surface area contributed by atoms with Crippen molar-refractivity contribution in [2.45, 2.75) is 12.3 Å². The van der Waals surface area contributed by atoms with Gasteiger partial charge in [0.1, 0.15) is 24.2 Å². The number of benzene rings is 2. The lowest BCUT2D eigenvalue weighted by Gasteiger charge is -2.14. The molecule has 0 heterocycles. The zero-order valence-electron chi connectivity index (χ0n) is 14.3. The molecule has 2 rings (SSSR count). The highest BCUT2D eigenvalue weighted by Gasteiger charge is 2.30. The fraction of sp³-hybridized carbons (Fsp3) is 0.278. The third-order valence-electron chi connectivity index (χ3n) is 3.41. The van der Waals surface area contributed by atoms with Crippen LogP contribution in [0, 0.1) is 0 Å². The van der Waals surface area contributed by atoms with Crippen LogP contribution in [0.25, 0.3) is 0 Å². The van der Waals surface area contributed by atoms with Crippen LogP contribution in [0.1, 0.15) is 5.56 Å². The summed E-state index contributed by atoms with van der Waals surface area (Å²) in [6, 6.07) is 8.62. The molecule has 0 saturated heterocycles. The van der Waals surface area contributed by atoms with E-state index in [-0.39, 0.29) is 31.3 Å². The summed E-state index contributed by atoms with van der Waals surface area (Å²) in [5, 5.41) is 12.9. The lowest BCUT2D eigenvalue weighted by atomic mass is 10.2. The normalized spacial score (nSPS) is 12.4. The first-order valence-corrected chi connectivity index (χ1v) is 8.73. The minimum Gasteiger partial charge on any atom is -0.491 e. The average molecular weight is 438 g/mol. The predicted molar refractivity (Wildman–Crippen MR) is 97.9 cm³/mol. The number of aliphatic hydroxyl groups is 1. The Morgan fingerprint density at radius 1 is 1.11 bits per heavy atom. The SMILES string of the molecule is O=C(COc1cc(Cl)ccc1Cl)NC[C@H](O)COc1ccc(C(F)(F)F)cc1. The molecule has 0 saturated carbocycles. The quantitative estimate of drug-likeness (QED) is 0.655. The molecule has 5 nitrogen and oxygen atoms in total. The maximum Gasteiger partial charge on any atom is 0.416 e. The van der Waals surface area contributed by atoms with Gasteiger partial charge in [-0.25, -0.2) is 0 Å². The number of halogens is 5. The van der Waals surface area contributed by atoms with Crippen molar-refractivity contribution >= 4 is 29.1 Å². The average Bonchev–Trinajstić information content (AvgIpc) is 2.65. The Morgan fingerprint density at radius 3 is 2.43 bits per heavy atom. The van der Waals surface area contributed by atoms with Crippen molar-refractivity contribution < 1.29 is 32.5 Å². The molecular formula is C18H16Cl2F3NO4. The van der Waals surface area contributed by atoms with Crippen molar-refractivity contribution in [3.05, 3.63) is 58.1 Å². The van der Waals surface area contributed by atoms with Crippen molar-refractivity contribution in [3.63, 3.8) is 0 Å². The van der Waals surface area contributed by atoms with Crippen LogP contribution >= 0.6 is 23.2 Å². The van der Waals surface area contributed by atoms with Gasteiger partial charge in [0.15, 0.2) is 6.61 Å². The van der Waals surface area contributed by atoms with Crippen LogP contribution in [0.15, 0.2) is 42.5 Å². The molecule has 0 aliphatic carbocycles. The first kappa shape index (κ1) is 22.1. The van der Waals surface area contributed by atoms with E-state index in [0.29, 0.717) is 10.0 Å². The highest BCUT2D eigenvalue weighted by molar-refractivity contribution is 6.34. The van der Waals surface area contributed by atoms with Gasteiger partial charge in [-0.1, -0.05) is 23.2 Å². The van der Waals surface area contributed by atoms with E-state index in [1.165, 1.54) is 12.1 Å². The number of nitrogens with one attached hydrogen (secondary N) is 1. The van der Waals surface area contributed by atoms with Crippen molar-refractivity contribution in [3.8, 4) is 11.5 Å². The van der Waals surface area contributed by atoms with E-state index in [2.05, 4.69) is 5.32 Å². The van der Waals surface area contributed by atoms with Gasteiger partial charge in [0, 0.05) is 17.6 Å². The number of carbonyl (C=O) groups excluding carboxylic acids is 1. The van der Waals surface area contributed by atoms with Crippen LogP contribution in [-0.2, 0) is 11.0 Å². The summed E-state index contributed by atoms with van der Waals surface area (Å²) in [7, 11) is 0. The summed E-state index contributed by atoms with van der Waals surface area (Å²) >= 11 is 11.7. The summed E-state index contributed by atoms with van der Waals surface area (Å²) < 4.78 is 47.9. The maximum atomic E-state index is 12.5. The van der Waals surface area contributed by atoms with Gasteiger partial charge in [-0.15, -0.1) is 0 Å². The van der Waals surface area contributed by atoms with Crippen LogP contribution in [0.5, 0.6) is 11.5 Å². The highest BCUT2D eigenvalue weighted by atomic mass is 35.5. The molecule has 0 bridgehead atoms. The molecule has 2 aromatic rings. The second kappa shape index (κ2) is 9.86. The molecule has 2 N–H and O–H groups in total. The van der Waals surface area contributed by atoms with E-state index < -0.39 is 23.8 Å². The van der Waals surface area contributed by atoms with Crippen LogP contribution in [0.3, 0.4) is 0 Å². The molecule has 0 spiro atoms. The molecule has 0 aliphatic rings. The second-order valence-electron chi connectivity index (χ2n) is 5.65. The van der Waals surface area contributed by atoms with Crippen LogP contribution < -0.4 is 14.8 Å². The van der Waals surface area contributed by atoms with E-state index in [1.807, 2.05) is 0 Å². The monoisotopic (exact) mass is 437 g/mol. The zero-order valence-corrected chi connectivity index (χ0v) is 15.8. The van der Waals surface area contributed by atoms with Crippen molar-refractivity contribution in [2.24, 2.45) is 0 Å². The Kier molecular flexibility index (Phi) is 7.79. The Morgan fingerprint density at radius 2 is 1.79 bits per heavy atom. The highest BCUT2D eigenvalue weighted by Crippen LogP contribution is 2.30. The van der Waals surface area contributed by atoms with E-state index in [4.69, 9.17) is 32.7 Å². The first-order valence-electron chi connectivity index (χ1n) is 7.98. The molecule has 152 valence electrons. The van der Waals surface area contributed by atoms with Crippen LogP contribution in [-0.4, -0.2) is 36.9 Å². The molecule has 0 radical (unpaired) electrons. The van der Waals surface area contributed by atoms with Gasteiger partial charge in [-0.2, -0.15) is 13.2 Å². The second-order valence-corrected chi connectivity index (χ2v) is 6.50. The summed E-state index contributed by atoms with van der Waals surface area (Å²) in [5.41, 5.74) is -0.799. The fourth-order valence-corrected chi connectivity index (χ4v) is 2.34. The number of amides is 1. The Balaban J connectivity index is 1.71. The number of ether oxygens (including phenoxy) is 2. The number of hydrogen-bond acceptors (Lipinski definition) is 4. The number of alkyl halides is 3. The van der Waals surface area contributed by atoms with Gasteiger partial charge >= 0.3 is 6.18 Å². The fourth-order valence-electron chi connectivity index (χ4n) is 2.01. The molecule has 0 aliphatic heterocycles. The summed E-state index contributed by atoms with van der Waals surface area (Å²) in [6.45, 7) is -0.689. The van der Waals surface area contributed by atoms with Gasteiger partial charge in [-0.3, -0.25) is 4.79 Å². The van der Waals surface area contributed by atoms with E-state index in [9.17, 15) is 23.1 Å². The number of aliphatic hydroxyl groups excluding tert-OH is 1. The standard InChI is InChI=1S/C18H16Cl2F3NO4/c19-12-3-6-15(20)16(7-12)28-10-17(26)24-8-13(25)9-27-14-4-1-11(2-5-14)18(21,22)23/h1-7,13,25H,8-10H2,(H,24,26)/t13-/m0/s1. The van der Waals surface area contributed by atoms with Crippen molar-refractivity contribution in [1.29, 1.82) is 0 Å². The number of rotatable bonds is 8. The van der Waals surface area contributed by atoms with Gasteiger partial charge < -0.3 is 19.9 Å². The van der Waals surface area contributed by atoms with Crippen molar-refractivity contribution in [2.75, 3.05) is 19.8 Å². The van der Waals surface area contributed by atoms with Gasteiger partial charge in [0.2, 0.25) is 0 Å². The first-order chi connectivity index (χ1) is 13.1. The minimum atomic E-state index is -4.43. The van der Waals surface area contributed by atoms with E-state index in [0.717, 1.165) is 24.3 Å². The topological polar surface area (TPSA) is 67.8 Å². The Labute approximate surface area is 169 Å². The van der Waals surface area contributed by atoms with Gasteiger partial charge in [-0.05, 0) is 36.4 Å². The smallest absolute Gasteiger partial charge is 0.416 e. The maximum absolute atomic E-state index is 12.5. The molecule has 10 heteroatoms. The molecule has 2 aromatic carbocycles. The van der Waals surface area contributed by atoms with Crippen LogP contribution in [0.4, 0.5) is 13.2 Å². The van der Waals surface area contributed by atoms with Crippen molar-refractivity contribution in [1.82, 2.24) is 5.32 Å². The Bertz CT molecular complexity index is 800. The molecule has 1 atom stereocenters. The minimum absolute atomic E-state index is 0.133. The van der Waals surface area contributed by atoms with Gasteiger partial charge in [0.05, 0.1) is 10.6 Å². The molecular weight excluding hydrogens is 422 g/mol. The molecule has 0 unspecified atom stereocenters. The third-order valence-corrected chi connectivity index (χ3v) is 3.96. The summed E-state index contributed by atoms with van der Waals surface area (Å²) in [5.74, 6) is -0.0996. The molecule has 1 amide bonds. The number of carbonyl (C=O) groups is 1. The third kappa shape index (κ3) is 7.10. The molecule has 0 aromatic heterocycles. The molecule has 0 fully saturated rings. The predicted octanol–water partition coefficient (Wildman–Crippen LogP) is 3.95. The van der Waals surface area contributed by atoms with Gasteiger partial charge in [0.25, 0.3) is 5.91 Å². The largest absolute Gasteiger partial charge is 0.491 e. The Hall–Kier alpha value is -2.16.